The zero-order valence-electron chi connectivity index (χ0n) is 34.9. The van der Waals surface area contributed by atoms with Crippen LogP contribution in [0, 0.1) is 0 Å². The van der Waals surface area contributed by atoms with E-state index < -0.39 is 14.5 Å². The lowest BCUT2D eigenvalue weighted by Crippen LogP contribution is -2.33. The molecule has 0 fully saturated rings. The van der Waals surface area contributed by atoms with E-state index in [-0.39, 0.29) is 10.8 Å². The molecule has 0 amide bonds. The highest BCUT2D eigenvalue weighted by atomic mass is 31.2. The monoisotopic (exact) mass is 790 g/mol. The zero-order chi connectivity index (χ0) is 40.4. The summed E-state index contributed by atoms with van der Waals surface area (Å²) in [4.78, 5) is 0. The summed E-state index contributed by atoms with van der Waals surface area (Å²) in [5.41, 5.74) is 5.53. The molecule has 0 saturated heterocycles. The summed E-state index contributed by atoms with van der Waals surface area (Å²) in [7, 11) is -4.40. The Morgan fingerprint density at radius 3 is 0.690 bits per heavy atom. The molecule has 0 heterocycles. The van der Waals surface area contributed by atoms with E-state index in [0.29, 0.717) is 0 Å². The first kappa shape index (κ1) is 39.7. The molecule has 0 spiro atoms. The number of hydrogen-bond donors (Lipinski definition) is 0. The summed E-state index contributed by atoms with van der Waals surface area (Å²) in [6.45, 7) is 14.3. The summed E-state index contributed by atoms with van der Waals surface area (Å²) >= 11 is 0. The maximum Gasteiger partial charge on any atom is 0.116 e. The van der Waals surface area contributed by atoms with Gasteiger partial charge in [0.2, 0.25) is 0 Å². The van der Waals surface area contributed by atoms with Crippen molar-refractivity contribution in [3.63, 3.8) is 0 Å². The van der Waals surface area contributed by atoms with E-state index in [4.69, 9.17) is 0 Å². The molecule has 0 aliphatic rings. The molecule has 0 saturated carbocycles. The van der Waals surface area contributed by atoms with Crippen molar-refractivity contribution in [3.8, 4) is 0 Å². The Labute approximate surface area is 348 Å². The maximum absolute atomic E-state index is 2.58. The lowest BCUT2D eigenvalue weighted by Gasteiger charge is -2.31. The topological polar surface area (TPSA) is 0 Å². The van der Waals surface area contributed by atoms with Crippen molar-refractivity contribution < 1.29 is 0 Å². The predicted molar refractivity (Wildman–Crippen MR) is 259 cm³/mol. The van der Waals surface area contributed by atoms with Gasteiger partial charge >= 0.3 is 0 Å². The Morgan fingerprint density at radius 2 is 0.500 bits per heavy atom. The fourth-order valence-electron chi connectivity index (χ4n) is 8.79. The lowest BCUT2D eigenvalue weighted by molar-refractivity contribution is 0.588. The van der Waals surface area contributed by atoms with Crippen LogP contribution in [0.3, 0.4) is 0 Å². The van der Waals surface area contributed by atoms with E-state index in [1.54, 1.807) is 0 Å². The van der Waals surface area contributed by atoms with Crippen LogP contribution in [-0.4, -0.2) is 0 Å². The van der Waals surface area contributed by atoms with Crippen molar-refractivity contribution in [2.75, 3.05) is 0 Å². The van der Waals surface area contributed by atoms with E-state index in [0.717, 1.165) is 12.3 Å². The fraction of sp³-hybridized carbons (Fsp3) is 0.179. The maximum atomic E-state index is 2.58. The largest absolute Gasteiger partial charge is 0.116 e. The summed E-state index contributed by atoms with van der Waals surface area (Å²) in [6, 6.07) is 78.6. The van der Waals surface area contributed by atoms with Gasteiger partial charge in [-0.25, -0.2) is 0 Å². The van der Waals surface area contributed by atoms with E-state index in [9.17, 15) is 0 Å². The molecule has 2 heteroatoms. The second-order valence-corrected chi connectivity index (χ2v) is 24.8. The van der Waals surface area contributed by atoms with Crippen molar-refractivity contribution in [2.24, 2.45) is 0 Å². The second kappa shape index (κ2) is 16.3. The molecule has 0 bridgehead atoms. The molecular formula is C56H56P2+2. The average molecular weight is 791 g/mol. The van der Waals surface area contributed by atoms with Crippen LogP contribution in [0.15, 0.2) is 206 Å². The minimum atomic E-state index is -2.20. The molecule has 0 radical (unpaired) electrons. The van der Waals surface area contributed by atoms with E-state index in [1.165, 1.54) is 64.9 Å². The molecule has 8 aromatic carbocycles. The molecule has 8 rings (SSSR count). The third-order valence-corrected chi connectivity index (χ3v) is 20.7. The quantitative estimate of drug-likeness (QED) is 0.121. The molecule has 58 heavy (non-hydrogen) atoms. The van der Waals surface area contributed by atoms with Gasteiger partial charge in [0.1, 0.15) is 46.4 Å². The van der Waals surface area contributed by atoms with Crippen LogP contribution in [0.2, 0.25) is 0 Å². The van der Waals surface area contributed by atoms with Crippen molar-refractivity contribution in [3.05, 3.63) is 229 Å². The van der Waals surface area contributed by atoms with Gasteiger partial charge in [-0.1, -0.05) is 175 Å². The van der Waals surface area contributed by atoms with Gasteiger partial charge in [-0.2, -0.15) is 0 Å². The summed E-state index contributed by atoms with van der Waals surface area (Å²) < 4.78 is 0. The minimum absolute atomic E-state index is 0.0548. The summed E-state index contributed by atoms with van der Waals surface area (Å²) in [6.07, 6.45) is 1.85. The van der Waals surface area contributed by atoms with Gasteiger partial charge in [-0.3, -0.25) is 0 Å². The van der Waals surface area contributed by atoms with Crippen LogP contribution >= 0.6 is 14.5 Å². The van der Waals surface area contributed by atoms with Gasteiger partial charge in [-0.15, -0.1) is 0 Å². The Morgan fingerprint density at radius 1 is 0.293 bits per heavy atom. The molecule has 0 unspecified atom stereocenters. The molecule has 288 valence electrons. The Hall–Kier alpha value is -5.12. The van der Waals surface area contributed by atoms with Crippen molar-refractivity contribution in [2.45, 2.75) is 64.7 Å². The molecule has 0 aliphatic carbocycles. The molecular weight excluding hydrogens is 735 g/mol. The minimum Gasteiger partial charge on any atom is -0.0620 e. The first-order valence-corrected chi connectivity index (χ1v) is 24.7. The summed E-state index contributed by atoms with van der Waals surface area (Å²) in [5, 5.41) is 11.2. The van der Waals surface area contributed by atoms with Crippen LogP contribution in [0.1, 0.15) is 63.8 Å². The first-order chi connectivity index (χ1) is 28.0. The van der Waals surface area contributed by atoms with E-state index in [1.807, 2.05) is 0 Å². The number of fused-ring (bicyclic) bond motifs is 1. The fourth-order valence-corrected chi connectivity index (χ4v) is 17.3. The Kier molecular flexibility index (Phi) is 11.1. The van der Waals surface area contributed by atoms with Crippen LogP contribution in [0.25, 0.3) is 10.8 Å². The molecule has 8 aromatic rings. The van der Waals surface area contributed by atoms with E-state index in [2.05, 4.69) is 248 Å². The molecule has 0 N–H and O–H groups in total. The highest BCUT2D eigenvalue weighted by Crippen LogP contribution is 2.61. The van der Waals surface area contributed by atoms with Crippen molar-refractivity contribution in [1.82, 2.24) is 0 Å². The predicted octanol–water partition coefficient (Wildman–Crippen LogP) is 12.4. The zero-order valence-corrected chi connectivity index (χ0v) is 36.7. The second-order valence-electron chi connectivity index (χ2n) is 17.8. The Balaban J connectivity index is 1.48. The Bertz CT molecular complexity index is 2210. The normalized spacial score (nSPS) is 12.4. The molecule has 0 aliphatic heterocycles. The van der Waals surface area contributed by atoms with Gasteiger partial charge in [0.15, 0.2) is 0 Å². The highest BCUT2D eigenvalue weighted by Gasteiger charge is 2.48. The third-order valence-electron chi connectivity index (χ3n) is 12.0. The van der Waals surface area contributed by atoms with Gasteiger partial charge in [-0.05, 0) is 117 Å². The number of hydrogen-bond acceptors (Lipinski definition) is 0. The lowest BCUT2D eigenvalue weighted by atomic mass is 9.81. The SMILES string of the molecule is CC(C)(C)c1cc(C[P+](c2ccccc2)(c2ccccc2)c2ccccc2)c2cc(C(C)(C)C)cc(C[P+](c3ccccc3)(c3ccccc3)c3ccccc3)c2c1. The van der Waals surface area contributed by atoms with Crippen LogP contribution in [0.5, 0.6) is 0 Å². The molecule has 0 atom stereocenters. The van der Waals surface area contributed by atoms with Gasteiger partial charge in [0.05, 0.1) is 12.3 Å². The molecule has 0 nitrogen and oxygen atoms in total. The number of rotatable bonds is 10. The number of benzene rings is 8. The van der Waals surface area contributed by atoms with Crippen LogP contribution in [0.4, 0.5) is 0 Å². The van der Waals surface area contributed by atoms with Gasteiger partial charge < -0.3 is 0 Å². The van der Waals surface area contributed by atoms with Gasteiger partial charge in [0.25, 0.3) is 0 Å². The highest BCUT2D eigenvalue weighted by molar-refractivity contribution is 7.95. The van der Waals surface area contributed by atoms with Crippen molar-refractivity contribution >= 4 is 57.1 Å². The molecule has 0 aromatic heterocycles. The van der Waals surface area contributed by atoms with Gasteiger partial charge in [0, 0.05) is 0 Å². The average Bonchev–Trinajstić information content (AvgIpc) is 3.25. The van der Waals surface area contributed by atoms with E-state index >= 15 is 0 Å². The van der Waals surface area contributed by atoms with Crippen LogP contribution < -0.4 is 31.8 Å². The van der Waals surface area contributed by atoms with Crippen LogP contribution in [-0.2, 0) is 23.2 Å². The van der Waals surface area contributed by atoms with Crippen molar-refractivity contribution in [1.29, 1.82) is 0 Å². The third kappa shape index (κ3) is 7.62. The smallest absolute Gasteiger partial charge is 0.0620 e. The standard InChI is InChI=1S/C56H56P2/c1-55(2,3)45-37-43(41-57(47-25-13-7-14-26-47,48-27-15-8-16-28-48)49-29-17-9-18-30-49)54-40-46(56(4,5)6)38-44(53(54)39-45)42-58(50-31-19-10-20-32-50,51-33-21-11-22-34-51)52-35-23-12-24-36-52/h7-40H,41-42H2,1-6H3/q+2. The summed E-state index contributed by atoms with van der Waals surface area (Å²) in [5.74, 6) is 0. The first-order valence-electron chi connectivity index (χ1n) is 20.7.